The molecule has 1 aromatic carbocycles. The molecule has 0 saturated carbocycles. The summed E-state index contributed by atoms with van der Waals surface area (Å²) in [6.45, 7) is 0.0945. The average molecular weight is 212 g/mol. The van der Waals surface area contributed by atoms with Crippen molar-refractivity contribution in [2.24, 2.45) is 5.73 Å². The van der Waals surface area contributed by atoms with Crippen LogP contribution >= 0.6 is 12.4 Å². The van der Waals surface area contributed by atoms with E-state index in [2.05, 4.69) is 0 Å². The van der Waals surface area contributed by atoms with Gasteiger partial charge in [-0.1, -0.05) is 0 Å². The van der Waals surface area contributed by atoms with Crippen LogP contribution in [0.25, 0.3) is 0 Å². The van der Waals surface area contributed by atoms with Gasteiger partial charge in [0.25, 0.3) is 0 Å². The Balaban J connectivity index is 0.00000144. The largest absolute Gasteiger partial charge is 0.330 e. The van der Waals surface area contributed by atoms with Crippen LogP contribution in [-0.2, 0) is 6.42 Å². The Morgan fingerprint density at radius 3 is 2.15 bits per heavy atom. The molecule has 1 rings (SSSR count). The van der Waals surface area contributed by atoms with E-state index in [-0.39, 0.29) is 30.9 Å². The number of halogens is 4. The molecule has 0 radical (unpaired) electrons. The van der Waals surface area contributed by atoms with E-state index < -0.39 is 17.5 Å². The Bertz CT molecular complexity index is 291. The van der Waals surface area contributed by atoms with E-state index in [0.717, 1.165) is 12.1 Å². The first-order chi connectivity index (χ1) is 5.66. The second-order valence-corrected chi connectivity index (χ2v) is 2.36. The maximum Gasteiger partial charge on any atom is 0.164 e. The molecular formula is C8H9ClF3N. The fraction of sp³-hybridized carbons (Fsp3) is 0.250. The van der Waals surface area contributed by atoms with Crippen molar-refractivity contribution in [3.05, 3.63) is 35.1 Å². The Labute approximate surface area is 80.2 Å². The monoisotopic (exact) mass is 211 g/mol. The van der Waals surface area contributed by atoms with Gasteiger partial charge in [-0.25, -0.2) is 13.2 Å². The van der Waals surface area contributed by atoms with Crippen LogP contribution in [0.2, 0.25) is 0 Å². The van der Waals surface area contributed by atoms with Crippen molar-refractivity contribution in [1.29, 1.82) is 0 Å². The van der Waals surface area contributed by atoms with E-state index in [9.17, 15) is 13.2 Å². The van der Waals surface area contributed by atoms with Crippen LogP contribution in [0.1, 0.15) is 5.56 Å². The lowest BCUT2D eigenvalue weighted by atomic mass is 10.1. The van der Waals surface area contributed by atoms with Gasteiger partial charge in [0.15, 0.2) is 11.6 Å². The molecule has 0 unspecified atom stereocenters. The van der Waals surface area contributed by atoms with Gasteiger partial charge in [-0.15, -0.1) is 12.4 Å². The SMILES string of the molecule is Cl.NCCc1c(F)ccc(F)c1F. The minimum atomic E-state index is -1.14. The summed E-state index contributed by atoms with van der Waals surface area (Å²) in [4.78, 5) is 0. The van der Waals surface area contributed by atoms with Gasteiger partial charge in [-0.05, 0) is 25.1 Å². The average Bonchev–Trinajstić information content (AvgIpc) is 2.06. The quantitative estimate of drug-likeness (QED) is 0.745. The summed E-state index contributed by atoms with van der Waals surface area (Å²) in [5, 5.41) is 0. The third-order valence-electron chi connectivity index (χ3n) is 1.53. The molecule has 13 heavy (non-hydrogen) atoms. The molecule has 0 aliphatic rings. The van der Waals surface area contributed by atoms with E-state index in [1.807, 2.05) is 0 Å². The van der Waals surface area contributed by atoms with Crippen molar-refractivity contribution < 1.29 is 13.2 Å². The minimum absolute atomic E-state index is 0. The van der Waals surface area contributed by atoms with Crippen molar-refractivity contribution in [1.82, 2.24) is 0 Å². The van der Waals surface area contributed by atoms with Crippen molar-refractivity contribution in [3.8, 4) is 0 Å². The summed E-state index contributed by atoms with van der Waals surface area (Å²) in [6, 6.07) is 1.65. The molecule has 74 valence electrons. The highest BCUT2D eigenvalue weighted by atomic mass is 35.5. The molecule has 0 atom stereocenters. The van der Waals surface area contributed by atoms with Gasteiger partial charge in [0.2, 0.25) is 0 Å². The zero-order valence-electron chi connectivity index (χ0n) is 6.69. The summed E-state index contributed by atoms with van der Waals surface area (Å²) in [7, 11) is 0. The molecule has 0 aliphatic heterocycles. The fourth-order valence-corrected chi connectivity index (χ4v) is 0.943. The lowest BCUT2D eigenvalue weighted by molar-refractivity contribution is 0.479. The van der Waals surface area contributed by atoms with Gasteiger partial charge in [0.05, 0.1) is 0 Å². The molecule has 1 nitrogen and oxygen atoms in total. The van der Waals surface area contributed by atoms with Crippen LogP contribution < -0.4 is 5.73 Å². The Morgan fingerprint density at radius 1 is 1.08 bits per heavy atom. The first-order valence-corrected chi connectivity index (χ1v) is 3.49. The molecule has 0 spiro atoms. The zero-order valence-corrected chi connectivity index (χ0v) is 7.50. The summed E-state index contributed by atoms with van der Waals surface area (Å²) in [6.07, 6.45) is 0.00935. The number of hydrogen-bond acceptors (Lipinski definition) is 1. The van der Waals surface area contributed by atoms with E-state index in [1.54, 1.807) is 0 Å². The molecule has 0 heterocycles. The van der Waals surface area contributed by atoms with Gasteiger partial charge in [-0.2, -0.15) is 0 Å². The number of hydrogen-bond donors (Lipinski definition) is 1. The first-order valence-electron chi connectivity index (χ1n) is 3.49. The molecule has 0 fully saturated rings. The highest BCUT2D eigenvalue weighted by Crippen LogP contribution is 2.15. The topological polar surface area (TPSA) is 26.0 Å². The number of nitrogens with two attached hydrogens (primary N) is 1. The Morgan fingerprint density at radius 2 is 1.62 bits per heavy atom. The van der Waals surface area contributed by atoms with Crippen molar-refractivity contribution in [3.63, 3.8) is 0 Å². The van der Waals surface area contributed by atoms with Crippen LogP contribution in [0.3, 0.4) is 0 Å². The van der Waals surface area contributed by atoms with Crippen molar-refractivity contribution in [2.75, 3.05) is 6.54 Å². The van der Waals surface area contributed by atoms with Gasteiger partial charge in [-0.3, -0.25) is 0 Å². The molecule has 0 aromatic heterocycles. The zero-order chi connectivity index (χ0) is 9.14. The molecular weight excluding hydrogens is 203 g/mol. The summed E-state index contributed by atoms with van der Waals surface area (Å²) in [5.41, 5.74) is 4.81. The normalized spacial score (nSPS) is 9.54. The molecule has 0 saturated heterocycles. The van der Waals surface area contributed by atoms with Crippen LogP contribution in [-0.4, -0.2) is 6.54 Å². The maximum atomic E-state index is 12.8. The van der Waals surface area contributed by atoms with Crippen LogP contribution in [0.15, 0.2) is 12.1 Å². The highest BCUT2D eigenvalue weighted by Gasteiger charge is 2.11. The minimum Gasteiger partial charge on any atom is -0.330 e. The maximum absolute atomic E-state index is 12.8. The van der Waals surface area contributed by atoms with E-state index >= 15 is 0 Å². The van der Waals surface area contributed by atoms with E-state index in [1.165, 1.54) is 0 Å². The van der Waals surface area contributed by atoms with Crippen LogP contribution in [0, 0.1) is 17.5 Å². The van der Waals surface area contributed by atoms with Crippen LogP contribution in [0.5, 0.6) is 0 Å². The van der Waals surface area contributed by atoms with Gasteiger partial charge < -0.3 is 5.73 Å². The predicted octanol–water partition coefficient (Wildman–Crippen LogP) is 2.03. The molecule has 2 N–H and O–H groups in total. The van der Waals surface area contributed by atoms with E-state index in [0.29, 0.717) is 0 Å². The van der Waals surface area contributed by atoms with Crippen molar-refractivity contribution >= 4 is 12.4 Å². The molecule has 0 bridgehead atoms. The standard InChI is InChI=1S/C8H8F3N.ClH/c9-6-1-2-7(10)8(11)5(6)3-4-12;/h1-2H,3-4,12H2;1H. The molecule has 0 aliphatic carbocycles. The second-order valence-electron chi connectivity index (χ2n) is 2.36. The summed E-state index contributed by atoms with van der Waals surface area (Å²) in [5.74, 6) is -2.93. The third-order valence-corrected chi connectivity index (χ3v) is 1.53. The van der Waals surface area contributed by atoms with Crippen molar-refractivity contribution in [2.45, 2.75) is 6.42 Å². The highest BCUT2D eigenvalue weighted by molar-refractivity contribution is 5.85. The molecule has 0 amide bonds. The second kappa shape index (κ2) is 5.09. The van der Waals surface area contributed by atoms with Gasteiger partial charge in [0, 0.05) is 5.56 Å². The van der Waals surface area contributed by atoms with Crippen LogP contribution in [0.4, 0.5) is 13.2 Å². The number of benzene rings is 1. The van der Waals surface area contributed by atoms with E-state index in [4.69, 9.17) is 5.73 Å². The molecule has 1 aromatic rings. The van der Waals surface area contributed by atoms with Gasteiger partial charge >= 0.3 is 0 Å². The third kappa shape index (κ3) is 2.60. The summed E-state index contributed by atoms with van der Waals surface area (Å²) >= 11 is 0. The Hall–Kier alpha value is -0.740. The predicted molar refractivity (Wildman–Crippen MR) is 46.3 cm³/mol. The fourth-order valence-electron chi connectivity index (χ4n) is 0.943. The lowest BCUT2D eigenvalue weighted by Gasteiger charge is -2.02. The lowest BCUT2D eigenvalue weighted by Crippen LogP contribution is -2.07. The summed E-state index contributed by atoms with van der Waals surface area (Å²) < 4.78 is 38.0. The molecule has 5 heteroatoms. The smallest absolute Gasteiger partial charge is 0.164 e. The Kier molecular flexibility index (Phi) is 4.80. The first kappa shape index (κ1) is 12.3. The van der Waals surface area contributed by atoms with Gasteiger partial charge in [0.1, 0.15) is 5.82 Å². The number of rotatable bonds is 2.